The van der Waals surface area contributed by atoms with Crippen LogP contribution in [0.25, 0.3) is 0 Å². The molecule has 0 aromatic carbocycles. The molecule has 0 heterocycles. The Morgan fingerprint density at radius 3 is 2.58 bits per heavy atom. The first kappa shape index (κ1) is 10.6. The molecule has 0 spiro atoms. The van der Waals surface area contributed by atoms with E-state index >= 15 is 0 Å². The second-order valence-corrected chi connectivity index (χ2v) is 2.51. The van der Waals surface area contributed by atoms with Crippen molar-refractivity contribution in [3.05, 3.63) is 0 Å². The molecule has 0 aliphatic carbocycles. The molecule has 0 unspecified atom stereocenters. The third-order valence-electron chi connectivity index (χ3n) is 1.47. The molecule has 0 bridgehead atoms. The van der Waals surface area contributed by atoms with Crippen molar-refractivity contribution in [2.45, 2.75) is 19.3 Å². The van der Waals surface area contributed by atoms with Crippen molar-refractivity contribution >= 4 is 5.91 Å². The lowest BCUT2D eigenvalue weighted by Crippen LogP contribution is -2.26. The van der Waals surface area contributed by atoms with Gasteiger partial charge < -0.3 is 4.90 Å². The van der Waals surface area contributed by atoms with Gasteiger partial charge in [0.2, 0.25) is 5.91 Å². The zero-order chi connectivity index (χ0) is 9.40. The van der Waals surface area contributed by atoms with Gasteiger partial charge in [-0.15, -0.1) is 18.8 Å². The molecule has 0 saturated carbocycles. The minimum atomic E-state index is 0.0585. The van der Waals surface area contributed by atoms with Crippen LogP contribution >= 0.6 is 0 Å². The van der Waals surface area contributed by atoms with Crippen LogP contribution in [0.5, 0.6) is 0 Å². The van der Waals surface area contributed by atoms with E-state index in [1.165, 1.54) is 4.90 Å². The lowest BCUT2D eigenvalue weighted by molar-refractivity contribution is -0.129. The van der Waals surface area contributed by atoms with E-state index < -0.39 is 0 Å². The molecule has 0 aliphatic heterocycles. The molecule has 2 heteroatoms. The summed E-state index contributed by atoms with van der Waals surface area (Å²) in [7, 11) is 1.69. The van der Waals surface area contributed by atoms with E-state index in [4.69, 9.17) is 12.8 Å². The van der Waals surface area contributed by atoms with E-state index in [-0.39, 0.29) is 5.91 Å². The van der Waals surface area contributed by atoms with Gasteiger partial charge in [0.25, 0.3) is 0 Å². The molecule has 2 nitrogen and oxygen atoms in total. The van der Waals surface area contributed by atoms with Gasteiger partial charge in [-0.05, 0) is 6.42 Å². The SMILES string of the molecule is C#CCCCC(=O)N(C)CC#C. The van der Waals surface area contributed by atoms with Crippen molar-refractivity contribution in [2.24, 2.45) is 0 Å². The molecule has 0 aromatic heterocycles. The van der Waals surface area contributed by atoms with E-state index in [1.807, 2.05) is 0 Å². The normalized spacial score (nSPS) is 8.25. The average molecular weight is 163 g/mol. The van der Waals surface area contributed by atoms with Crippen LogP contribution in [0.2, 0.25) is 0 Å². The Kier molecular flexibility index (Phi) is 5.57. The van der Waals surface area contributed by atoms with Crippen LogP contribution in [0, 0.1) is 24.7 Å². The molecule has 12 heavy (non-hydrogen) atoms. The quantitative estimate of drug-likeness (QED) is 0.445. The largest absolute Gasteiger partial charge is 0.335 e. The first-order valence-electron chi connectivity index (χ1n) is 3.83. The van der Waals surface area contributed by atoms with E-state index in [0.717, 1.165) is 6.42 Å². The van der Waals surface area contributed by atoms with E-state index in [0.29, 0.717) is 19.4 Å². The fourth-order valence-electron chi connectivity index (χ4n) is 0.758. The summed E-state index contributed by atoms with van der Waals surface area (Å²) in [5.74, 6) is 4.95. The minimum absolute atomic E-state index is 0.0585. The first-order chi connectivity index (χ1) is 5.72. The maximum atomic E-state index is 11.2. The van der Waals surface area contributed by atoms with E-state index in [1.54, 1.807) is 7.05 Å². The molecule has 0 rings (SSSR count). The van der Waals surface area contributed by atoms with Gasteiger partial charge in [0.15, 0.2) is 0 Å². The van der Waals surface area contributed by atoms with Crippen molar-refractivity contribution in [2.75, 3.05) is 13.6 Å². The van der Waals surface area contributed by atoms with Crippen molar-refractivity contribution in [1.29, 1.82) is 0 Å². The fourth-order valence-corrected chi connectivity index (χ4v) is 0.758. The average Bonchev–Trinajstić information content (AvgIpc) is 2.05. The van der Waals surface area contributed by atoms with Crippen LogP contribution in [0.4, 0.5) is 0 Å². The van der Waals surface area contributed by atoms with Crippen molar-refractivity contribution in [3.63, 3.8) is 0 Å². The fraction of sp³-hybridized carbons (Fsp3) is 0.500. The molecule has 0 aromatic rings. The molecule has 0 radical (unpaired) electrons. The Balaban J connectivity index is 3.60. The highest BCUT2D eigenvalue weighted by Crippen LogP contribution is 1.97. The van der Waals surface area contributed by atoms with Crippen molar-refractivity contribution in [3.8, 4) is 24.7 Å². The summed E-state index contributed by atoms with van der Waals surface area (Å²) >= 11 is 0. The minimum Gasteiger partial charge on any atom is -0.335 e. The van der Waals surface area contributed by atoms with E-state index in [2.05, 4.69) is 11.8 Å². The number of amides is 1. The van der Waals surface area contributed by atoms with Crippen LogP contribution in [-0.4, -0.2) is 24.4 Å². The van der Waals surface area contributed by atoms with Crippen LogP contribution in [0.3, 0.4) is 0 Å². The molecular weight excluding hydrogens is 150 g/mol. The van der Waals surface area contributed by atoms with E-state index in [9.17, 15) is 4.79 Å². The number of carbonyl (C=O) groups excluding carboxylic acids is 1. The van der Waals surface area contributed by atoms with Gasteiger partial charge in [0, 0.05) is 19.9 Å². The molecule has 0 aliphatic rings. The third-order valence-corrected chi connectivity index (χ3v) is 1.47. The molecule has 64 valence electrons. The second-order valence-electron chi connectivity index (χ2n) is 2.51. The lowest BCUT2D eigenvalue weighted by Gasteiger charge is -2.12. The van der Waals surface area contributed by atoms with Crippen LogP contribution < -0.4 is 0 Å². The molecular formula is C10H13NO. The van der Waals surface area contributed by atoms with Gasteiger partial charge in [-0.3, -0.25) is 4.79 Å². The Labute approximate surface area is 73.9 Å². The lowest BCUT2D eigenvalue weighted by atomic mass is 10.2. The number of hydrogen-bond acceptors (Lipinski definition) is 1. The van der Waals surface area contributed by atoms with Gasteiger partial charge in [-0.25, -0.2) is 0 Å². The topological polar surface area (TPSA) is 20.3 Å². The zero-order valence-corrected chi connectivity index (χ0v) is 7.34. The number of terminal acetylenes is 2. The van der Waals surface area contributed by atoms with Gasteiger partial charge in [-0.1, -0.05) is 5.92 Å². The Hall–Kier alpha value is -1.41. The molecule has 1 amide bonds. The summed E-state index contributed by atoms with van der Waals surface area (Å²) < 4.78 is 0. The highest BCUT2D eigenvalue weighted by Gasteiger charge is 2.05. The summed E-state index contributed by atoms with van der Waals surface area (Å²) in [5.41, 5.74) is 0. The first-order valence-corrected chi connectivity index (χ1v) is 3.83. The summed E-state index contributed by atoms with van der Waals surface area (Å²) in [6.45, 7) is 0.370. The molecule has 0 saturated heterocycles. The number of unbranched alkanes of at least 4 members (excludes halogenated alkanes) is 1. The monoisotopic (exact) mass is 163 g/mol. The maximum Gasteiger partial charge on any atom is 0.223 e. The Morgan fingerprint density at radius 1 is 1.42 bits per heavy atom. The maximum absolute atomic E-state index is 11.2. The predicted molar refractivity (Wildman–Crippen MR) is 49.2 cm³/mol. The van der Waals surface area contributed by atoms with Crippen molar-refractivity contribution in [1.82, 2.24) is 4.90 Å². The predicted octanol–water partition coefficient (Wildman–Crippen LogP) is 0.882. The van der Waals surface area contributed by atoms with Gasteiger partial charge >= 0.3 is 0 Å². The van der Waals surface area contributed by atoms with Crippen LogP contribution in [-0.2, 0) is 4.79 Å². The molecule has 0 fully saturated rings. The van der Waals surface area contributed by atoms with Gasteiger partial charge in [0.1, 0.15) is 0 Å². The summed E-state index contributed by atoms with van der Waals surface area (Å²) in [5, 5.41) is 0. The molecule has 0 atom stereocenters. The Bertz CT molecular complexity index is 219. The number of rotatable bonds is 4. The number of hydrogen-bond donors (Lipinski definition) is 0. The highest BCUT2D eigenvalue weighted by molar-refractivity contribution is 5.76. The van der Waals surface area contributed by atoms with Crippen LogP contribution in [0.1, 0.15) is 19.3 Å². The highest BCUT2D eigenvalue weighted by atomic mass is 16.2. The summed E-state index contributed by atoms with van der Waals surface area (Å²) in [6, 6.07) is 0. The zero-order valence-electron chi connectivity index (χ0n) is 7.34. The second kappa shape index (κ2) is 6.31. The smallest absolute Gasteiger partial charge is 0.223 e. The standard InChI is InChI=1S/C10H13NO/c1-4-6-7-8-10(12)11(3)9-5-2/h1-2H,6-9H2,3H3. The van der Waals surface area contributed by atoms with Gasteiger partial charge in [-0.2, -0.15) is 0 Å². The van der Waals surface area contributed by atoms with Crippen LogP contribution in [0.15, 0.2) is 0 Å². The summed E-state index contributed by atoms with van der Waals surface area (Å²) in [4.78, 5) is 12.7. The summed E-state index contributed by atoms with van der Waals surface area (Å²) in [6.07, 6.45) is 12.0. The Morgan fingerprint density at radius 2 is 2.08 bits per heavy atom. The van der Waals surface area contributed by atoms with Crippen molar-refractivity contribution < 1.29 is 4.79 Å². The third kappa shape index (κ3) is 4.41. The number of carbonyl (C=O) groups is 1. The number of nitrogens with zero attached hydrogens (tertiary/aromatic N) is 1. The molecule has 0 N–H and O–H groups in total. The van der Waals surface area contributed by atoms with Gasteiger partial charge in [0.05, 0.1) is 6.54 Å².